The average Bonchev–Trinajstić information content (AvgIpc) is 2.35. The lowest BCUT2D eigenvalue weighted by molar-refractivity contribution is -0.153. The normalized spacial score (nSPS) is 15.6. The van der Waals surface area contributed by atoms with Crippen LogP contribution in [-0.2, 0) is 11.0 Å². The lowest BCUT2D eigenvalue weighted by Gasteiger charge is -2.22. The zero-order valence-electron chi connectivity index (χ0n) is 12.5. The van der Waals surface area contributed by atoms with Crippen molar-refractivity contribution < 1.29 is 22.1 Å². The van der Waals surface area contributed by atoms with Crippen LogP contribution in [0.5, 0.6) is 5.75 Å². The van der Waals surface area contributed by atoms with Crippen LogP contribution in [0.4, 0.5) is 13.2 Å². The first-order valence-corrected chi connectivity index (χ1v) is 7.61. The van der Waals surface area contributed by atoms with E-state index >= 15 is 0 Å². The maximum absolute atomic E-state index is 12.0. The molecule has 3 nitrogen and oxygen atoms in total. The van der Waals surface area contributed by atoms with Crippen LogP contribution in [0.1, 0.15) is 39.3 Å². The van der Waals surface area contributed by atoms with Gasteiger partial charge in [0.25, 0.3) is 0 Å². The minimum absolute atomic E-state index is 0.153. The Morgan fingerprint density at radius 1 is 1.19 bits per heavy atom. The van der Waals surface area contributed by atoms with Crippen LogP contribution in [0.15, 0.2) is 24.3 Å². The fourth-order valence-electron chi connectivity index (χ4n) is 1.42. The molecule has 1 N–H and O–H groups in total. The molecule has 0 aliphatic carbocycles. The average molecular weight is 323 g/mol. The van der Waals surface area contributed by atoms with Crippen molar-refractivity contribution in [1.82, 2.24) is 4.72 Å². The number of alkyl halides is 3. The van der Waals surface area contributed by atoms with Crippen molar-refractivity contribution in [3.8, 4) is 5.75 Å². The number of halogens is 3. The minimum Gasteiger partial charge on any atom is -0.484 e. The van der Waals surface area contributed by atoms with Gasteiger partial charge < -0.3 is 4.74 Å². The van der Waals surface area contributed by atoms with Gasteiger partial charge in [0, 0.05) is 6.04 Å². The van der Waals surface area contributed by atoms with E-state index in [1.165, 1.54) is 12.1 Å². The van der Waals surface area contributed by atoms with Gasteiger partial charge in [-0.25, -0.2) is 8.93 Å². The van der Waals surface area contributed by atoms with Crippen molar-refractivity contribution in [3.05, 3.63) is 29.8 Å². The molecule has 1 aromatic carbocycles. The number of benzene rings is 1. The lowest BCUT2D eigenvalue weighted by Crippen LogP contribution is -2.34. The molecule has 0 aliphatic heterocycles. The third kappa shape index (κ3) is 6.48. The highest BCUT2D eigenvalue weighted by molar-refractivity contribution is 7.84. The van der Waals surface area contributed by atoms with Crippen LogP contribution in [0.3, 0.4) is 0 Å². The molecular weight excluding hydrogens is 303 g/mol. The summed E-state index contributed by atoms with van der Waals surface area (Å²) in [5.74, 6) is 0.153. The molecular formula is C14H20F3NO2S. The van der Waals surface area contributed by atoms with E-state index in [1.807, 2.05) is 27.7 Å². The molecule has 0 spiro atoms. The summed E-state index contributed by atoms with van der Waals surface area (Å²) in [5.41, 5.74) is 0.826. The monoisotopic (exact) mass is 323 g/mol. The van der Waals surface area contributed by atoms with Crippen LogP contribution in [0.25, 0.3) is 0 Å². The molecule has 1 rings (SSSR count). The maximum atomic E-state index is 12.0. The third-order valence-corrected chi connectivity index (χ3v) is 4.30. The smallest absolute Gasteiger partial charge is 0.422 e. The quantitative estimate of drug-likeness (QED) is 0.896. The molecule has 7 heteroatoms. The zero-order valence-corrected chi connectivity index (χ0v) is 13.3. The first-order valence-electron chi connectivity index (χ1n) is 6.46. The molecule has 0 amide bonds. The number of rotatable bonds is 5. The Morgan fingerprint density at radius 2 is 1.71 bits per heavy atom. The Bertz CT molecular complexity index is 480. The molecule has 21 heavy (non-hydrogen) atoms. The Morgan fingerprint density at radius 3 is 2.14 bits per heavy atom. The first kappa shape index (κ1) is 18.0. The summed E-state index contributed by atoms with van der Waals surface area (Å²) in [5, 5.41) is 0. The highest BCUT2D eigenvalue weighted by atomic mass is 32.2. The topological polar surface area (TPSA) is 38.3 Å². The van der Waals surface area contributed by atoms with E-state index in [4.69, 9.17) is 0 Å². The summed E-state index contributed by atoms with van der Waals surface area (Å²) in [6.07, 6.45) is -4.35. The van der Waals surface area contributed by atoms with Crippen LogP contribution in [-0.4, -0.2) is 21.7 Å². The van der Waals surface area contributed by atoms with Crippen molar-refractivity contribution in [2.45, 2.75) is 44.7 Å². The minimum atomic E-state index is -4.35. The molecule has 0 radical (unpaired) electrons. The second kappa shape index (κ2) is 6.79. The number of hydrogen-bond acceptors (Lipinski definition) is 2. The van der Waals surface area contributed by atoms with Crippen LogP contribution >= 0.6 is 0 Å². The molecule has 2 atom stereocenters. The van der Waals surface area contributed by atoms with Crippen LogP contribution < -0.4 is 9.46 Å². The number of ether oxygens (including phenoxy) is 1. The van der Waals surface area contributed by atoms with E-state index in [0.29, 0.717) is 0 Å². The lowest BCUT2D eigenvalue weighted by atomic mass is 10.1. The highest BCUT2D eigenvalue weighted by Gasteiger charge is 2.28. The summed E-state index contributed by atoms with van der Waals surface area (Å²) in [4.78, 5) is 0. The van der Waals surface area contributed by atoms with Crippen LogP contribution in [0, 0.1) is 0 Å². The summed E-state index contributed by atoms with van der Waals surface area (Å²) < 4.78 is 55.3. The Hall–Kier alpha value is -1.08. The molecule has 0 unspecified atom stereocenters. The predicted molar refractivity (Wildman–Crippen MR) is 77.4 cm³/mol. The summed E-state index contributed by atoms with van der Waals surface area (Å²) in [6.45, 7) is 6.11. The zero-order chi connectivity index (χ0) is 16.3. The van der Waals surface area contributed by atoms with Gasteiger partial charge in [-0.1, -0.05) is 12.1 Å². The van der Waals surface area contributed by atoms with Gasteiger partial charge in [-0.05, 0) is 45.4 Å². The molecule has 0 aromatic heterocycles. The van der Waals surface area contributed by atoms with E-state index < -0.39 is 23.8 Å². The largest absolute Gasteiger partial charge is 0.484 e. The predicted octanol–water partition coefficient (Wildman–Crippen LogP) is 3.74. The second-order valence-electron chi connectivity index (χ2n) is 5.69. The molecule has 0 aliphatic rings. The molecule has 0 saturated carbocycles. The van der Waals surface area contributed by atoms with E-state index in [1.54, 1.807) is 12.1 Å². The van der Waals surface area contributed by atoms with Gasteiger partial charge in [-0.2, -0.15) is 13.2 Å². The molecule has 120 valence electrons. The summed E-state index contributed by atoms with van der Waals surface area (Å²) >= 11 is 0. The molecule has 0 fully saturated rings. The summed E-state index contributed by atoms with van der Waals surface area (Å²) in [7, 11) is -1.22. The van der Waals surface area contributed by atoms with Gasteiger partial charge in [0.15, 0.2) is 6.61 Å². The van der Waals surface area contributed by atoms with Gasteiger partial charge in [0.05, 0.1) is 15.7 Å². The first-order chi connectivity index (χ1) is 9.49. The Labute approximate surface area is 125 Å². The number of nitrogens with one attached hydrogen (secondary N) is 1. The van der Waals surface area contributed by atoms with Crippen LogP contribution in [0.2, 0.25) is 0 Å². The van der Waals surface area contributed by atoms with E-state index in [9.17, 15) is 17.4 Å². The Balaban J connectivity index is 2.63. The standard InChI is InChI=1S/C14H20F3NO2S/c1-10(18-21(19)13(2,3)4)11-5-7-12(8-6-11)20-9-14(15,16)17/h5-8,10,18H,9H2,1-4H3/t10-,21+/m0/s1. The molecule has 0 saturated heterocycles. The van der Waals surface area contributed by atoms with Gasteiger partial charge in [0.2, 0.25) is 0 Å². The number of hydrogen-bond donors (Lipinski definition) is 1. The van der Waals surface area contributed by atoms with Crippen molar-refractivity contribution >= 4 is 11.0 Å². The molecule has 0 heterocycles. The van der Waals surface area contributed by atoms with E-state index in [-0.39, 0.29) is 16.5 Å². The molecule has 1 aromatic rings. The van der Waals surface area contributed by atoms with Crippen molar-refractivity contribution in [1.29, 1.82) is 0 Å². The third-order valence-electron chi connectivity index (χ3n) is 2.62. The van der Waals surface area contributed by atoms with Gasteiger partial charge >= 0.3 is 6.18 Å². The Kier molecular flexibility index (Phi) is 5.81. The summed E-state index contributed by atoms with van der Waals surface area (Å²) in [6, 6.07) is 6.08. The van der Waals surface area contributed by atoms with E-state index in [2.05, 4.69) is 9.46 Å². The maximum Gasteiger partial charge on any atom is 0.422 e. The fourth-order valence-corrected chi connectivity index (χ4v) is 2.23. The second-order valence-corrected chi connectivity index (χ2v) is 7.69. The van der Waals surface area contributed by atoms with Crippen molar-refractivity contribution in [3.63, 3.8) is 0 Å². The van der Waals surface area contributed by atoms with Gasteiger partial charge in [-0.3, -0.25) is 0 Å². The SMILES string of the molecule is C[C@H](N[S@](=O)C(C)(C)C)c1ccc(OCC(F)(F)F)cc1. The van der Waals surface area contributed by atoms with Crippen molar-refractivity contribution in [2.75, 3.05) is 6.61 Å². The van der Waals surface area contributed by atoms with Gasteiger partial charge in [0.1, 0.15) is 5.75 Å². The fraction of sp³-hybridized carbons (Fsp3) is 0.571. The highest BCUT2D eigenvalue weighted by Crippen LogP contribution is 2.22. The molecule has 0 bridgehead atoms. The van der Waals surface area contributed by atoms with Gasteiger partial charge in [-0.15, -0.1) is 0 Å². The van der Waals surface area contributed by atoms with Crippen molar-refractivity contribution in [2.24, 2.45) is 0 Å². The van der Waals surface area contributed by atoms with E-state index in [0.717, 1.165) is 5.56 Å².